The molecular weight excluding hydrogens is 281 g/mol. The fraction of sp³-hybridized carbons (Fsp3) is 0.333. The number of methoxy groups -OCH3 is 1. The predicted molar refractivity (Wildman–Crippen MR) is 55.3 cm³/mol. The van der Waals surface area contributed by atoms with Gasteiger partial charge in [0.25, 0.3) is 9.05 Å². The fourth-order valence-electron chi connectivity index (χ4n) is 1.36. The highest BCUT2D eigenvalue weighted by atomic mass is 35.7. The van der Waals surface area contributed by atoms with E-state index in [0.29, 0.717) is 0 Å². The zero-order valence-electron chi connectivity index (χ0n) is 8.53. The number of alkyl halides is 3. The second-order valence-electron chi connectivity index (χ2n) is 3.13. The summed E-state index contributed by atoms with van der Waals surface area (Å²) >= 11 is 0. The average Bonchev–Trinajstić information content (AvgIpc) is 2.15. The van der Waals surface area contributed by atoms with Crippen LogP contribution >= 0.6 is 10.7 Å². The second-order valence-corrected chi connectivity index (χ2v) is 5.67. The molecule has 0 heterocycles. The van der Waals surface area contributed by atoms with E-state index < -0.39 is 31.8 Å². The summed E-state index contributed by atoms with van der Waals surface area (Å²) in [6.45, 7) is 0. The van der Waals surface area contributed by atoms with Crippen LogP contribution in [0.3, 0.4) is 0 Å². The van der Waals surface area contributed by atoms with E-state index in [2.05, 4.69) is 4.74 Å². The summed E-state index contributed by atoms with van der Waals surface area (Å²) < 4.78 is 64.4. The molecule has 0 bridgehead atoms. The highest BCUT2D eigenvalue weighted by molar-refractivity contribution is 8.13. The zero-order chi connectivity index (χ0) is 13.3. The molecule has 0 N–H and O–H groups in total. The van der Waals surface area contributed by atoms with Gasteiger partial charge in [-0.3, -0.25) is 0 Å². The van der Waals surface area contributed by atoms with Gasteiger partial charge in [0, 0.05) is 23.4 Å². The molecule has 0 aliphatic rings. The van der Waals surface area contributed by atoms with E-state index in [-0.39, 0.29) is 0 Å². The number of halogens is 4. The first-order chi connectivity index (χ1) is 7.68. The minimum absolute atomic E-state index is 0.530. The predicted octanol–water partition coefficient (Wildman–Crippen LogP) is 2.86. The lowest BCUT2D eigenvalue weighted by Gasteiger charge is -2.20. The average molecular weight is 289 g/mol. The van der Waals surface area contributed by atoms with Crippen molar-refractivity contribution in [2.75, 3.05) is 7.11 Å². The van der Waals surface area contributed by atoms with Gasteiger partial charge in [0.05, 0.1) is 4.90 Å². The fourth-order valence-corrected chi connectivity index (χ4v) is 2.48. The number of hydrogen-bond donors (Lipinski definition) is 0. The number of rotatable bonds is 3. The Morgan fingerprint density at radius 1 is 1.29 bits per heavy atom. The molecule has 0 spiro atoms. The monoisotopic (exact) mass is 288 g/mol. The van der Waals surface area contributed by atoms with Crippen LogP contribution in [0.25, 0.3) is 0 Å². The summed E-state index contributed by atoms with van der Waals surface area (Å²) in [5.41, 5.74) is -0.530. The molecule has 8 heteroatoms. The largest absolute Gasteiger partial charge is 0.418 e. The van der Waals surface area contributed by atoms with Gasteiger partial charge in [-0.2, -0.15) is 13.2 Å². The van der Waals surface area contributed by atoms with E-state index in [1.165, 1.54) is 12.1 Å². The molecule has 0 amide bonds. The molecular formula is C9H8ClF3O3S. The summed E-state index contributed by atoms with van der Waals surface area (Å²) in [7, 11) is 1.65. The molecule has 1 aromatic carbocycles. The summed E-state index contributed by atoms with van der Waals surface area (Å²) in [5.74, 6) is 0. The molecule has 0 aliphatic heterocycles. The molecule has 0 saturated carbocycles. The van der Waals surface area contributed by atoms with Crippen LogP contribution in [-0.4, -0.2) is 21.7 Å². The maximum atomic E-state index is 12.6. The Balaban J connectivity index is 3.41. The molecule has 0 saturated heterocycles. The Bertz CT molecular complexity index is 498. The summed E-state index contributed by atoms with van der Waals surface area (Å²) in [6.07, 6.45) is -7.04. The van der Waals surface area contributed by atoms with E-state index in [9.17, 15) is 21.6 Å². The van der Waals surface area contributed by atoms with Gasteiger partial charge in [-0.25, -0.2) is 8.42 Å². The van der Waals surface area contributed by atoms with Crippen molar-refractivity contribution in [3.63, 3.8) is 0 Å². The van der Waals surface area contributed by atoms with Crippen molar-refractivity contribution in [3.8, 4) is 0 Å². The second kappa shape index (κ2) is 4.83. The summed E-state index contributed by atoms with van der Waals surface area (Å²) in [5, 5.41) is 0. The first-order valence-corrected chi connectivity index (χ1v) is 6.62. The molecule has 1 atom stereocenters. The third-order valence-corrected chi connectivity index (χ3v) is 3.39. The highest BCUT2D eigenvalue weighted by Crippen LogP contribution is 2.38. The van der Waals surface area contributed by atoms with Crippen LogP contribution in [0.5, 0.6) is 0 Å². The quantitative estimate of drug-likeness (QED) is 0.803. The van der Waals surface area contributed by atoms with Gasteiger partial charge in [0.2, 0.25) is 0 Å². The Morgan fingerprint density at radius 3 is 2.24 bits per heavy atom. The molecule has 17 heavy (non-hydrogen) atoms. The number of ether oxygens (including phenoxy) is 1. The molecule has 0 aromatic heterocycles. The molecule has 0 aliphatic carbocycles. The van der Waals surface area contributed by atoms with Gasteiger partial charge in [-0.15, -0.1) is 0 Å². The van der Waals surface area contributed by atoms with Crippen LogP contribution in [0.2, 0.25) is 0 Å². The van der Waals surface area contributed by atoms with Crippen molar-refractivity contribution in [2.45, 2.75) is 17.2 Å². The maximum Gasteiger partial charge on any atom is 0.418 e. The van der Waals surface area contributed by atoms with Gasteiger partial charge >= 0.3 is 6.18 Å². The van der Waals surface area contributed by atoms with Crippen molar-refractivity contribution in [2.24, 2.45) is 0 Å². The van der Waals surface area contributed by atoms with E-state index in [1.807, 2.05) is 0 Å². The topological polar surface area (TPSA) is 43.4 Å². The Labute approximate surface area is 101 Å². The standard InChI is InChI=1S/C9H8ClF3O3S/c1-16-8(9(11,12)13)6-4-2-3-5-7(6)17(10,14)15/h2-5,8H,1H3. The van der Waals surface area contributed by atoms with E-state index in [4.69, 9.17) is 10.7 Å². The van der Waals surface area contributed by atoms with Crippen LogP contribution in [0.15, 0.2) is 29.2 Å². The van der Waals surface area contributed by atoms with Crippen LogP contribution < -0.4 is 0 Å². The molecule has 1 unspecified atom stereocenters. The number of hydrogen-bond acceptors (Lipinski definition) is 3. The van der Waals surface area contributed by atoms with Gasteiger partial charge in [0.15, 0.2) is 6.10 Å². The van der Waals surface area contributed by atoms with E-state index in [0.717, 1.165) is 19.2 Å². The molecule has 0 fully saturated rings. The number of benzene rings is 1. The highest BCUT2D eigenvalue weighted by Gasteiger charge is 2.43. The van der Waals surface area contributed by atoms with E-state index >= 15 is 0 Å². The minimum Gasteiger partial charge on any atom is -0.367 e. The third kappa shape index (κ3) is 3.34. The molecule has 0 radical (unpaired) electrons. The Hall–Kier alpha value is -0.790. The van der Waals surface area contributed by atoms with Crippen LogP contribution in [-0.2, 0) is 13.8 Å². The first kappa shape index (κ1) is 14.3. The lowest BCUT2D eigenvalue weighted by molar-refractivity contribution is -0.216. The SMILES string of the molecule is COC(c1ccccc1S(=O)(=O)Cl)C(F)(F)F. The normalized spacial score (nSPS) is 14.6. The smallest absolute Gasteiger partial charge is 0.367 e. The van der Waals surface area contributed by atoms with Crippen molar-refractivity contribution in [1.82, 2.24) is 0 Å². The first-order valence-electron chi connectivity index (χ1n) is 4.31. The van der Waals surface area contributed by atoms with Crippen LogP contribution in [0.4, 0.5) is 13.2 Å². The molecule has 96 valence electrons. The zero-order valence-corrected chi connectivity index (χ0v) is 10.1. The van der Waals surface area contributed by atoms with Gasteiger partial charge < -0.3 is 4.74 Å². The lowest BCUT2D eigenvalue weighted by atomic mass is 10.1. The molecule has 3 nitrogen and oxygen atoms in total. The van der Waals surface area contributed by atoms with Gasteiger partial charge in [-0.05, 0) is 6.07 Å². The van der Waals surface area contributed by atoms with Crippen LogP contribution in [0, 0.1) is 0 Å². The van der Waals surface area contributed by atoms with Crippen molar-refractivity contribution >= 4 is 19.7 Å². The molecule has 1 rings (SSSR count). The summed E-state index contributed by atoms with van der Waals surface area (Å²) in [4.78, 5) is -0.606. The van der Waals surface area contributed by atoms with E-state index in [1.54, 1.807) is 0 Å². The molecule has 1 aromatic rings. The maximum absolute atomic E-state index is 12.6. The van der Waals surface area contributed by atoms with Crippen molar-refractivity contribution in [1.29, 1.82) is 0 Å². The van der Waals surface area contributed by atoms with Gasteiger partial charge in [0.1, 0.15) is 0 Å². The van der Waals surface area contributed by atoms with Crippen LogP contribution in [0.1, 0.15) is 11.7 Å². The van der Waals surface area contributed by atoms with Crippen molar-refractivity contribution < 1.29 is 26.3 Å². The Kier molecular flexibility index (Phi) is 4.06. The summed E-state index contributed by atoms with van der Waals surface area (Å²) in [6, 6.07) is 4.56. The Morgan fingerprint density at radius 2 is 1.82 bits per heavy atom. The minimum atomic E-state index is -4.72. The van der Waals surface area contributed by atoms with Gasteiger partial charge in [-0.1, -0.05) is 18.2 Å². The van der Waals surface area contributed by atoms with Crippen molar-refractivity contribution in [3.05, 3.63) is 29.8 Å². The third-order valence-electron chi connectivity index (χ3n) is 2.00. The lowest BCUT2D eigenvalue weighted by Crippen LogP contribution is -2.23.